The van der Waals surface area contributed by atoms with Crippen molar-refractivity contribution in [3.63, 3.8) is 0 Å². The van der Waals surface area contributed by atoms with Crippen molar-refractivity contribution in [2.75, 3.05) is 0 Å². The van der Waals surface area contributed by atoms with E-state index in [4.69, 9.17) is 4.74 Å². The molecule has 0 spiro atoms. The van der Waals surface area contributed by atoms with E-state index in [-0.39, 0.29) is 5.78 Å². The molecule has 27 heavy (non-hydrogen) atoms. The summed E-state index contributed by atoms with van der Waals surface area (Å²) in [4.78, 5) is 24.7. The fourth-order valence-electron chi connectivity index (χ4n) is 2.37. The number of benzene rings is 3. The Morgan fingerprint density at radius 3 is 2.22 bits per heavy atom. The van der Waals surface area contributed by atoms with Gasteiger partial charge >= 0.3 is 5.97 Å². The highest BCUT2D eigenvalue weighted by molar-refractivity contribution is 9.10. The number of allylic oxidation sites excluding steroid dienone is 1. The number of carbonyl (C=O) groups is 2. The monoisotopic (exact) mass is 484 g/mol. The van der Waals surface area contributed by atoms with Gasteiger partial charge in [-0.3, -0.25) is 4.79 Å². The molecule has 0 aliphatic rings. The van der Waals surface area contributed by atoms with E-state index in [0.717, 1.165) is 4.47 Å². The zero-order valence-electron chi connectivity index (χ0n) is 14.1. The van der Waals surface area contributed by atoms with Crippen molar-refractivity contribution in [3.05, 3.63) is 105 Å². The first kappa shape index (κ1) is 19.3. The summed E-state index contributed by atoms with van der Waals surface area (Å²) in [6, 6.07) is 21.2. The average Bonchev–Trinajstić information content (AvgIpc) is 2.68. The van der Waals surface area contributed by atoms with E-state index in [1.165, 1.54) is 6.08 Å². The van der Waals surface area contributed by atoms with Gasteiger partial charge in [0.15, 0.2) is 5.78 Å². The second-order valence-corrected chi connectivity index (χ2v) is 7.38. The smallest absolute Gasteiger partial charge is 0.344 e. The number of ketones is 1. The molecule has 3 aromatic rings. The fraction of sp³-hybridized carbons (Fsp3) is 0. The van der Waals surface area contributed by atoms with Crippen LogP contribution in [0.5, 0.6) is 5.75 Å². The maximum atomic E-state index is 12.4. The first-order valence-electron chi connectivity index (χ1n) is 8.08. The van der Waals surface area contributed by atoms with Crippen LogP contribution >= 0.6 is 31.9 Å². The van der Waals surface area contributed by atoms with Gasteiger partial charge in [-0.25, -0.2) is 4.79 Å². The van der Waals surface area contributed by atoms with Gasteiger partial charge in [0.05, 0.1) is 5.56 Å². The topological polar surface area (TPSA) is 43.4 Å². The molecule has 0 amide bonds. The molecule has 0 aliphatic heterocycles. The lowest BCUT2D eigenvalue weighted by molar-refractivity contribution is 0.0733. The number of ether oxygens (including phenoxy) is 1. The van der Waals surface area contributed by atoms with Crippen LogP contribution in [0.1, 0.15) is 26.3 Å². The molecule has 3 nitrogen and oxygen atoms in total. The highest BCUT2D eigenvalue weighted by Gasteiger charge is 2.13. The third-order valence-electron chi connectivity index (χ3n) is 3.76. The molecule has 0 aliphatic carbocycles. The molecular weight excluding hydrogens is 472 g/mol. The predicted molar refractivity (Wildman–Crippen MR) is 113 cm³/mol. The van der Waals surface area contributed by atoms with E-state index in [2.05, 4.69) is 31.9 Å². The van der Waals surface area contributed by atoms with Gasteiger partial charge in [-0.1, -0.05) is 46.3 Å². The molecule has 0 bridgehead atoms. The predicted octanol–water partition coefficient (Wildman–Crippen LogP) is 6.33. The summed E-state index contributed by atoms with van der Waals surface area (Å²) in [7, 11) is 0. The first-order chi connectivity index (χ1) is 13.0. The van der Waals surface area contributed by atoms with Crippen molar-refractivity contribution in [2.45, 2.75) is 0 Å². The molecule has 0 atom stereocenters. The number of halogens is 2. The van der Waals surface area contributed by atoms with Crippen LogP contribution < -0.4 is 4.74 Å². The third-order valence-corrected chi connectivity index (χ3v) is 4.98. The Balaban J connectivity index is 1.80. The SMILES string of the molecule is O=C(C=Cc1ccccc1OC(=O)c1ccccc1Br)c1ccc(Br)cc1. The molecule has 3 rings (SSSR count). The van der Waals surface area contributed by atoms with Crippen molar-refractivity contribution >= 4 is 49.7 Å². The quantitative estimate of drug-likeness (QED) is 0.183. The van der Waals surface area contributed by atoms with E-state index in [0.29, 0.717) is 26.9 Å². The van der Waals surface area contributed by atoms with Gasteiger partial charge in [0, 0.05) is 20.1 Å². The molecule has 5 heteroatoms. The summed E-state index contributed by atoms with van der Waals surface area (Å²) >= 11 is 6.69. The lowest BCUT2D eigenvalue weighted by Crippen LogP contribution is -2.09. The van der Waals surface area contributed by atoms with E-state index in [9.17, 15) is 9.59 Å². The van der Waals surface area contributed by atoms with Gasteiger partial charge < -0.3 is 4.74 Å². The number of hydrogen-bond acceptors (Lipinski definition) is 3. The number of carbonyl (C=O) groups excluding carboxylic acids is 2. The van der Waals surface area contributed by atoms with Crippen LogP contribution in [0.4, 0.5) is 0 Å². The second kappa shape index (κ2) is 8.93. The standard InChI is InChI=1S/C22H14Br2O3/c23-17-12-9-15(10-13-17)20(25)14-11-16-5-1-4-8-21(16)27-22(26)18-6-2-3-7-19(18)24/h1-14H. The maximum absolute atomic E-state index is 12.4. The van der Waals surface area contributed by atoms with Crippen molar-refractivity contribution in [3.8, 4) is 5.75 Å². The number of para-hydroxylation sites is 1. The van der Waals surface area contributed by atoms with Crippen molar-refractivity contribution in [2.24, 2.45) is 0 Å². The summed E-state index contributed by atoms with van der Waals surface area (Å²) in [5, 5.41) is 0. The number of hydrogen-bond donors (Lipinski definition) is 0. The fourth-order valence-corrected chi connectivity index (χ4v) is 3.08. The molecule has 0 saturated heterocycles. The van der Waals surface area contributed by atoms with Crippen molar-refractivity contribution < 1.29 is 14.3 Å². The summed E-state index contributed by atoms with van der Waals surface area (Å²) in [6.07, 6.45) is 3.11. The normalized spacial score (nSPS) is 10.7. The largest absolute Gasteiger partial charge is 0.422 e. The minimum Gasteiger partial charge on any atom is -0.422 e. The molecular formula is C22H14Br2O3. The Morgan fingerprint density at radius 2 is 1.48 bits per heavy atom. The Morgan fingerprint density at radius 1 is 0.815 bits per heavy atom. The Kier molecular flexibility index (Phi) is 6.37. The summed E-state index contributed by atoms with van der Waals surface area (Å²) in [5.41, 5.74) is 1.66. The molecule has 0 heterocycles. The number of rotatable bonds is 5. The summed E-state index contributed by atoms with van der Waals surface area (Å²) in [5.74, 6) is -0.213. The zero-order chi connectivity index (χ0) is 19.2. The molecule has 0 unspecified atom stereocenters. The highest BCUT2D eigenvalue weighted by atomic mass is 79.9. The van der Waals surface area contributed by atoms with Gasteiger partial charge in [0.1, 0.15) is 5.75 Å². The van der Waals surface area contributed by atoms with Gasteiger partial charge in [0.25, 0.3) is 0 Å². The Bertz CT molecular complexity index is 1010. The summed E-state index contributed by atoms with van der Waals surface area (Å²) in [6.45, 7) is 0. The van der Waals surface area contributed by atoms with Crippen LogP contribution in [0.15, 0.2) is 87.8 Å². The summed E-state index contributed by atoms with van der Waals surface area (Å²) < 4.78 is 7.10. The van der Waals surface area contributed by atoms with Crippen LogP contribution in [0.2, 0.25) is 0 Å². The average molecular weight is 486 g/mol. The molecule has 0 fully saturated rings. The van der Waals surface area contributed by atoms with Crippen LogP contribution in [-0.4, -0.2) is 11.8 Å². The van der Waals surface area contributed by atoms with Crippen molar-refractivity contribution in [1.29, 1.82) is 0 Å². The van der Waals surface area contributed by atoms with Crippen molar-refractivity contribution in [1.82, 2.24) is 0 Å². The van der Waals surface area contributed by atoms with E-state index < -0.39 is 5.97 Å². The third kappa shape index (κ3) is 5.02. The van der Waals surface area contributed by atoms with E-state index >= 15 is 0 Å². The highest BCUT2D eigenvalue weighted by Crippen LogP contribution is 2.23. The molecule has 0 aromatic heterocycles. The lowest BCUT2D eigenvalue weighted by Gasteiger charge is -2.08. The van der Waals surface area contributed by atoms with Crippen LogP contribution in [0, 0.1) is 0 Å². The lowest BCUT2D eigenvalue weighted by atomic mass is 10.1. The van der Waals surface area contributed by atoms with Gasteiger partial charge in [0.2, 0.25) is 0 Å². The molecule has 3 aromatic carbocycles. The van der Waals surface area contributed by atoms with Crippen LogP contribution in [0.25, 0.3) is 6.08 Å². The minimum absolute atomic E-state index is 0.130. The molecule has 0 radical (unpaired) electrons. The first-order valence-corrected chi connectivity index (χ1v) is 9.67. The Hall–Kier alpha value is -2.50. The van der Waals surface area contributed by atoms with E-state index in [1.54, 1.807) is 54.6 Å². The molecule has 0 N–H and O–H groups in total. The molecule has 0 saturated carbocycles. The number of esters is 1. The van der Waals surface area contributed by atoms with Gasteiger partial charge in [-0.2, -0.15) is 0 Å². The second-order valence-electron chi connectivity index (χ2n) is 5.61. The van der Waals surface area contributed by atoms with Crippen LogP contribution in [0.3, 0.4) is 0 Å². The van der Waals surface area contributed by atoms with Crippen LogP contribution in [-0.2, 0) is 0 Å². The molecule has 134 valence electrons. The zero-order valence-corrected chi connectivity index (χ0v) is 17.2. The van der Waals surface area contributed by atoms with E-state index in [1.807, 2.05) is 24.3 Å². The minimum atomic E-state index is -0.470. The Labute approximate surface area is 173 Å². The van der Waals surface area contributed by atoms with Gasteiger partial charge in [-0.05, 0) is 70.5 Å². The maximum Gasteiger partial charge on any atom is 0.344 e. The van der Waals surface area contributed by atoms with Gasteiger partial charge in [-0.15, -0.1) is 0 Å².